The lowest BCUT2D eigenvalue weighted by molar-refractivity contribution is -0.122. The molecule has 0 saturated heterocycles. The van der Waals surface area contributed by atoms with Gasteiger partial charge in [0.15, 0.2) is 0 Å². The van der Waals surface area contributed by atoms with Crippen LogP contribution in [0, 0.1) is 0 Å². The zero-order valence-electron chi connectivity index (χ0n) is 9.56. The van der Waals surface area contributed by atoms with E-state index in [4.69, 9.17) is 0 Å². The highest BCUT2D eigenvalue weighted by atomic mass is 16.2. The molecule has 0 spiro atoms. The van der Waals surface area contributed by atoms with E-state index in [1.165, 1.54) is 0 Å². The quantitative estimate of drug-likeness (QED) is 0.484. The van der Waals surface area contributed by atoms with Crippen LogP contribution in [0.4, 0.5) is 0 Å². The minimum atomic E-state index is -0.0203. The Balaban J connectivity index is 3.34. The van der Waals surface area contributed by atoms with E-state index in [1.807, 2.05) is 14.0 Å². The van der Waals surface area contributed by atoms with Gasteiger partial charge in [0, 0.05) is 25.9 Å². The first kappa shape index (κ1) is 13.9. The second kappa shape index (κ2) is 9.45. The second-order valence-electron chi connectivity index (χ2n) is 3.26. The van der Waals surface area contributed by atoms with Crippen molar-refractivity contribution >= 4 is 11.8 Å². The molecule has 0 aliphatic heterocycles. The van der Waals surface area contributed by atoms with E-state index in [0.717, 1.165) is 13.0 Å². The van der Waals surface area contributed by atoms with Crippen LogP contribution in [0.3, 0.4) is 0 Å². The number of rotatable bonds is 8. The topological polar surface area (TPSA) is 70.2 Å². The molecule has 0 atom stereocenters. The molecule has 2 amide bonds. The Bertz CT molecular complexity index is 195. The van der Waals surface area contributed by atoms with Crippen molar-refractivity contribution in [2.45, 2.75) is 26.2 Å². The summed E-state index contributed by atoms with van der Waals surface area (Å²) in [5, 5.41) is 8.34. The predicted octanol–water partition coefficient (Wildman–Crippen LogP) is -0.372. The van der Waals surface area contributed by atoms with Crippen LogP contribution in [0.5, 0.6) is 0 Å². The normalized spacial score (nSPS) is 9.73. The summed E-state index contributed by atoms with van der Waals surface area (Å²) in [6.45, 7) is 3.76. The zero-order chi connectivity index (χ0) is 11.5. The average molecular weight is 215 g/mol. The third-order valence-corrected chi connectivity index (χ3v) is 1.88. The number of hydrogen-bond acceptors (Lipinski definition) is 3. The maximum atomic E-state index is 11.2. The molecule has 0 aromatic heterocycles. The van der Waals surface area contributed by atoms with Gasteiger partial charge in [-0.3, -0.25) is 9.59 Å². The fraction of sp³-hybridized carbons (Fsp3) is 0.800. The summed E-state index contributed by atoms with van der Waals surface area (Å²) in [5.74, 6) is -0.0115. The minimum Gasteiger partial charge on any atom is -0.356 e. The third-order valence-electron chi connectivity index (χ3n) is 1.88. The average Bonchev–Trinajstić information content (AvgIpc) is 2.18. The minimum absolute atomic E-state index is 0.00884. The summed E-state index contributed by atoms with van der Waals surface area (Å²) >= 11 is 0. The SMILES string of the molecule is CCNC(=O)CCNC(=O)CCCNC. The van der Waals surface area contributed by atoms with Gasteiger partial charge in [0.1, 0.15) is 0 Å². The van der Waals surface area contributed by atoms with E-state index < -0.39 is 0 Å². The Morgan fingerprint density at radius 2 is 1.67 bits per heavy atom. The molecular weight excluding hydrogens is 194 g/mol. The molecule has 0 aliphatic carbocycles. The van der Waals surface area contributed by atoms with Gasteiger partial charge in [-0.2, -0.15) is 0 Å². The summed E-state index contributed by atoms with van der Waals surface area (Å²) in [5.41, 5.74) is 0. The molecule has 0 saturated carbocycles. The standard InChI is InChI=1S/C10H21N3O2/c1-3-12-10(15)6-8-13-9(14)5-4-7-11-2/h11H,3-8H2,1-2H3,(H,12,15)(H,13,14). The van der Waals surface area contributed by atoms with Gasteiger partial charge in [-0.1, -0.05) is 0 Å². The van der Waals surface area contributed by atoms with E-state index in [9.17, 15) is 9.59 Å². The van der Waals surface area contributed by atoms with Crippen molar-refractivity contribution in [3.8, 4) is 0 Å². The van der Waals surface area contributed by atoms with Crippen molar-refractivity contribution in [3.63, 3.8) is 0 Å². The van der Waals surface area contributed by atoms with Gasteiger partial charge in [-0.25, -0.2) is 0 Å². The van der Waals surface area contributed by atoms with Crippen LogP contribution in [0.15, 0.2) is 0 Å². The van der Waals surface area contributed by atoms with Crippen LogP contribution >= 0.6 is 0 Å². The van der Waals surface area contributed by atoms with Crippen LogP contribution in [0.1, 0.15) is 26.2 Å². The molecular formula is C10H21N3O2. The summed E-state index contributed by atoms with van der Waals surface area (Å²) in [4.78, 5) is 22.2. The lowest BCUT2D eigenvalue weighted by atomic mass is 10.3. The summed E-state index contributed by atoms with van der Waals surface area (Å²) in [7, 11) is 1.85. The number of amides is 2. The van der Waals surface area contributed by atoms with Crippen molar-refractivity contribution < 1.29 is 9.59 Å². The van der Waals surface area contributed by atoms with Crippen molar-refractivity contribution in [3.05, 3.63) is 0 Å². The molecule has 0 radical (unpaired) electrons. The Morgan fingerprint density at radius 3 is 2.27 bits per heavy atom. The highest BCUT2D eigenvalue weighted by molar-refractivity contribution is 5.78. The van der Waals surface area contributed by atoms with Crippen molar-refractivity contribution in [2.24, 2.45) is 0 Å². The molecule has 0 aromatic carbocycles. The molecule has 5 nitrogen and oxygen atoms in total. The van der Waals surface area contributed by atoms with Crippen molar-refractivity contribution in [1.82, 2.24) is 16.0 Å². The Hall–Kier alpha value is -1.10. The third kappa shape index (κ3) is 9.21. The lowest BCUT2D eigenvalue weighted by Crippen LogP contribution is -2.30. The van der Waals surface area contributed by atoms with E-state index in [2.05, 4.69) is 16.0 Å². The molecule has 0 bridgehead atoms. The summed E-state index contributed by atoms with van der Waals surface area (Å²) in [6, 6.07) is 0. The van der Waals surface area contributed by atoms with E-state index in [1.54, 1.807) is 0 Å². The van der Waals surface area contributed by atoms with Gasteiger partial charge in [0.05, 0.1) is 0 Å². The van der Waals surface area contributed by atoms with Gasteiger partial charge < -0.3 is 16.0 Å². The number of carbonyl (C=O) groups excluding carboxylic acids is 2. The van der Waals surface area contributed by atoms with Crippen molar-refractivity contribution in [1.29, 1.82) is 0 Å². The van der Waals surface area contributed by atoms with E-state index in [-0.39, 0.29) is 11.8 Å². The van der Waals surface area contributed by atoms with Crippen LogP contribution in [0.2, 0.25) is 0 Å². The molecule has 15 heavy (non-hydrogen) atoms. The molecule has 0 unspecified atom stereocenters. The lowest BCUT2D eigenvalue weighted by Gasteiger charge is -2.05. The molecule has 88 valence electrons. The molecule has 0 aromatic rings. The van der Waals surface area contributed by atoms with Crippen LogP contribution in [-0.4, -0.2) is 38.5 Å². The first-order valence-electron chi connectivity index (χ1n) is 5.38. The molecule has 5 heteroatoms. The maximum Gasteiger partial charge on any atom is 0.221 e. The zero-order valence-corrected chi connectivity index (χ0v) is 9.56. The Kier molecular flexibility index (Phi) is 8.76. The van der Waals surface area contributed by atoms with Gasteiger partial charge in [-0.15, -0.1) is 0 Å². The predicted molar refractivity (Wildman–Crippen MR) is 59.5 cm³/mol. The van der Waals surface area contributed by atoms with Gasteiger partial charge >= 0.3 is 0 Å². The van der Waals surface area contributed by atoms with Crippen molar-refractivity contribution in [2.75, 3.05) is 26.7 Å². The first-order chi connectivity index (χ1) is 7.20. The number of nitrogens with one attached hydrogen (secondary N) is 3. The molecule has 0 aliphatic rings. The summed E-state index contributed by atoms with van der Waals surface area (Å²) < 4.78 is 0. The maximum absolute atomic E-state index is 11.2. The second-order valence-corrected chi connectivity index (χ2v) is 3.26. The Labute approximate surface area is 91.0 Å². The highest BCUT2D eigenvalue weighted by Gasteiger charge is 2.02. The van der Waals surface area contributed by atoms with E-state index in [0.29, 0.717) is 25.9 Å². The number of carbonyl (C=O) groups is 2. The molecule has 0 rings (SSSR count). The monoisotopic (exact) mass is 215 g/mol. The fourth-order valence-electron chi connectivity index (χ4n) is 1.12. The van der Waals surface area contributed by atoms with Crippen LogP contribution in [0.25, 0.3) is 0 Å². The molecule has 0 heterocycles. The smallest absolute Gasteiger partial charge is 0.221 e. The van der Waals surface area contributed by atoms with Crippen LogP contribution < -0.4 is 16.0 Å². The molecule has 3 N–H and O–H groups in total. The first-order valence-corrected chi connectivity index (χ1v) is 5.38. The molecule has 0 fully saturated rings. The van der Waals surface area contributed by atoms with Gasteiger partial charge in [0.2, 0.25) is 11.8 Å². The number of hydrogen-bond donors (Lipinski definition) is 3. The van der Waals surface area contributed by atoms with E-state index >= 15 is 0 Å². The van der Waals surface area contributed by atoms with Crippen LogP contribution in [-0.2, 0) is 9.59 Å². The van der Waals surface area contributed by atoms with Gasteiger partial charge in [-0.05, 0) is 26.9 Å². The summed E-state index contributed by atoms with van der Waals surface area (Å²) in [6.07, 6.45) is 1.69. The largest absolute Gasteiger partial charge is 0.356 e. The Morgan fingerprint density at radius 1 is 1.00 bits per heavy atom. The highest BCUT2D eigenvalue weighted by Crippen LogP contribution is 1.87. The fourth-order valence-corrected chi connectivity index (χ4v) is 1.12. The van der Waals surface area contributed by atoms with Gasteiger partial charge in [0.25, 0.3) is 0 Å².